The summed E-state index contributed by atoms with van der Waals surface area (Å²) in [4.78, 5) is 0. The maximum atomic E-state index is 2.45. The molecule has 11 aliphatic carbocycles. The molecule has 0 amide bonds. The van der Waals surface area contributed by atoms with Gasteiger partial charge >= 0.3 is 0 Å². The van der Waals surface area contributed by atoms with E-state index in [-0.39, 0.29) is 0 Å². The van der Waals surface area contributed by atoms with Gasteiger partial charge in [-0.05, 0) is 210 Å². The summed E-state index contributed by atoms with van der Waals surface area (Å²) in [6.07, 6.45) is 26.8. The van der Waals surface area contributed by atoms with Crippen LogP contribution in [-0.4, -0.2) is 0 Å². The molecule has 0 N–H and O–H groups in total. The third kappa shape index (κ3) is 3.42. The molecule has 50 heavy (non-hydrogen) atoms. The van der Waals surface area contributed by atoms with Crippen LogP contribution in [0.1, 0.15) is 138 Å². The molecule has 4 aromatic rings. The summed E-state index contributed by atoms with van der Waals surface area (Å²) in [6.45, 7) is 0. The van der Waals surface area contributed by atoms with E-state index in [1.165, 1.54) is 99.3 Å². The second kappa shape index (κ2) is 9.73. The molecular formula is C50H52+2. The first-order valence-corrected chi connectivity index (χ1v) is 20.7. The average molecular weight is 653 g/mol. The Labute approximate surface area is 300 Å². The summed E-state index contributed by atoms with van der Waals surface area (Å²) in [7, 11) is 0. The summed E-state index contributed by atoms with van der Waals surface area (Å²) in [5.41, 5.74) is 15.5. The van der Waals surface area contributed by atoms with E-state index < -0.39 is 0 Å². The molecule has 250 valence electrons. The SMILES string of the molecule is c1ccc2c(c1)-c1ccccc1[C+]2C12CCC(C34CCC(C56CCC([C+]7c8ccccc8-c8ccccc87)(CC5)CC6)(CC3)CC4)(CC1)CC2. The molecule has 6 bridgehead atoms. The number of benzene rings is 4. The molecular weight excluding hydrogens is 601 g/mol. The van der Waals surface area contributed by atoms with Gasteiger partial charge in [0, 0.05) is 35.1 Å². The van der Waals surface area contributed by atoms with Gasteiger partial charge in [0.25, 0.3) is 0 Å². The molecule has 9 fully saturated rings. The zero-order chi connectivity index (χ0) is 32.8. The van der Waals surface area contributed by atoms with Crippen molar-refractivity contribution in [3.05, 3.63) is 131 Å². The number of hydrogen-bond donors (Lipinski definition) is 0. The van der Waals surface area contributed by atoms with E-state index in [4.69, 9.17) is 0 Å². The lowest BCUT2D eigenvalue weighted by atomic mass is 9.33. The van der Waals surface area contributed by atoms with Gasteiger partial charge in [0.15, 0.2) is 0 Å². The Morgan fingerprint density at radius 3 is 0.700 bits per heavy atom. The van der Waals surface area contributed by atoms with E-state index in [0.717, 1.165) is 0 Å². The molecule has 0 spiro atoms. The van der Waals surface area contributed by atoms with E-state index in [2.05, 4.69) is 97.1 Å². The highest BCUT2D eigenvalue weighted by atomic mass is 14.7. The lowest BCUT2D eigenvalue weighted by Gasteiger charge is -2.71. The van der Waals surface area contributed by atoms with Gasteiger partial charge in [-0.2, -0.15) is 0 Å². The van der Waals surface area contributed by atoms with Crippen LogP contribution < -0.4 is 0 Å². The van der Waals surface area contributed by atoms with Crippen molar-refractivity contribution in [3.8, 4) is 22.3 Å². The van der Waals surface area contributed by atoms with Gasteiger partial charge in [-0.3, -0.25) is 0 Å². The van der Waals surface area contributed by atoms with Crippen LogP contribution in [0.25, 0.3) is 22.3 Å². The van der Waals surface area contributed by atoms with Crippen molar-refractivity contribution in [1.29, 1.82) is 0 Å². The van der Waals surface area contributed by atoms with Crippen molar-refractivity contribution in [3.63, 3.8) is 0 Å². The Hall–Kier alpha value is -3.38. The van der Waals surface area contributed by atoms with E-state index >= 15 is 0 Å². The molecule has 0 nitrogen and oxygen atoms in total. The zero-order valence-corrected chi connectivity index (χ0v) is 30.0. The quantitative estimate of drug-likeness (QED) is 0.192. The Balaban J connectivity index is 0.782. The van der Waals surface area contributed by atoms with E-state index in [0.29, 0.717) is 32.5 Å². The number of hydrogen-bond acceptors (Lipinski definition) is 0. The standard InChI is InChI=1S/C50H52/c1-5-13-39-35(9-1)36-10-2-6-14-40(36)43(39)45-17-23-47(24-18-45,25-19-45)49-29-32-50(33-30-49,34-31-49)48-26-20-46(21-27-48,22-28-48)44-41-15-7-3-11-37(41)38-12-4-8-16-42(38)44/h1-16H,17-34H2/q+2. The zero-order valence-electron chi connectivity index (χ0n) is 30.0. The van der Waals surface area contributed by atoms with Gasteiger partial charge in [0.05, 0.1) is 56.3 Å². The Morgan fingerprint density at radius 2 is 0.460 bits per heavy atom. The van der Waals surface area contributed by atoms with Crippen molar-refractivity contribution >= 4 is 0 Å². The van der Waals surface area contributed by atoms with Crippen LogP contribution in [-0.2, 0) is 0 Å². The van der Waals surface area contributed by atoms with Gasteiger partial charge in [-0.25, -0.2) is 0 Å². The Bertz CT molecular complexity index is 1730. The minimum absolute atomic E-state index is 0.391. The molecule has 0 radical (unpaired) electrons. The van der Waals surface area contributed by atoms with Crippen LogP contribution in [0.3, 0.4) is 0 Å². The van der Waals surface area contributed by atoms with Crippen LogP contribution >= 0.6 is 0 Å². The molecule has 0 heterocycles. The van der Waals surface area contributed by atoms with Gasteiger partial charge < -0.3 is 0 Å². The molecule has 0 aliphatic heterocycles. The van der Waals surface area contributed by atoms with E-state index in [9.17, 15) is 0 Å². The monoisotopic (exact) mass is 652 g/mol. The maximum Gasteiger partial charge on any atom is 0.0922 e. The molecule has 0 heteroatoms. The summed E-state index contributed by atoms with van der Waals surface area (Å²) in [5.74, 6) is 3.46. The molecule has 15 rings (SSSR count). The first-order chi connectivity index (χ1) is 24.5. The minimum atomic E-state index is 0.391. The molecule has 0 unspecified atom stereocenters. The molecule has 11 aliphatic rings. The Morgan fingerprint density at radius 1 is 0.260 bits per heavy atom. The molecule has 0 atom stereocenters. The maximum absolute atomic E-state index is 2.45. The van der Waals surface area contributed by atoms with E-state index in [1.807, 2.05) is 0 Å². The fourth-order valence-corrected chi connectivity index (χ4v) is 15.7. The Kier molecular flexibility index (Phi) is 5.69. The highest BCUT2D eigenvalue weighted by Crippen LogP contribution is 2.79. The molecule has 0 saturated heterocycles. The highest BCUT2D eigenvalue weighted by molar-refractivity contribution is 5.86. The second-order valence-electron chi connectivity index (χ2n) is 19.1. The van der Waals surface area contributed by atoms with Crippen LogP contribution in [0, 0.1) is 44.3 Å². The summed E-state index contributed by atoms with van der Waals surface area (Å²) >= 11 is 0. The second-order valence-corrected chi connectivity index (χ2v) is 19.1. The highest BCUT2D eigenvalue weighted by Gasteiger charge is 2.69. The predicted molar refractivity (Wildman–Crippen MR) is 204 cm³/mol. The first kappa shape index (κ1) is 29.2. The van der Waals surface area contributed by atoms with Crippen molar-refractivity contribution in [2.75, 3.05) is 0 Å². The molecule has 4 aromatic carbocycles. The van der Waals surface area contributed by atoms with Gasteiger partial charge in [-0.15, -0.1) is 0 Å². The normalized spacial score (nSPS) is 38.6. The smallest absolute Gasteiger partial charge is 0.0465 e. The lowest BCUT2D eigenvalue weighted by Crippen LogP contribution is -2.61. The third-order valence-corrected chi connectivity index (χ3v) is 18.4. The lowest BCUT2D eigenvalue weighted by molar-refractivity contribution is -0.204. The van der Waals surface area contributed by atoms with Crippen molar-refractivity contribution in [1.82, 2.24) is 0 Å². The third-order valence-electron chi connectivity index (χ3n) is 18.4. The van der Waals surface area contributed by atoms with Gasteiger partial charge in [0.1, 0.15) is 0 Å². The van der Waals surface area contributed by atoms with Gasteiger partial charge in [0.2, 0.25) is 0 Å². The summed E-state index contributed by atoms with van der Waals surface area (Å²) < 4.78 is 0. The van der Waals surface area contributed by atoms with Crippen molar-refractivity contribution in [2.24, 2.45) is 32.5 Å². The molecule has 9 saturated carbocycles. The largest absolute Gasteiger partial charge is 0.0922 e. The molecule has 0 aromatic heterocycles. The van der Waals surface area contributed by atoms with Crippen LogP contribution in [0.4, 0.5) is 0 Å². The van der Waals surface area contributed by atoms with Crippen LogP contribution in [0.5, 0.6) is 0 Å². The van der Waals surface area contributed by atoms with Crippen LogP contribution in [0.15, 0.2) is 97.1 Å². The van der Waals surface area contributed by atoms with Crippen LogP contribution in [0.2, 0.25) is 0 Å². The number of rotatable bonds is 4. The first-order valence-electron chi connectivity index (χ1n) is 20.7. The van der Waals surface area contributed by atoms with Crippen molar-refractivity contribution in [2.45, 2.75) is 116 Å². The summed E-state index contributed by atoms with van der Waals surface area (Å²) in [6, 6.07) is 37.5. The number of fused-ring (bicyclic) bond motifs is 15. The minimum Gasteiger partial charge on any atom is -0.0465 e. The van der Waals surface area contributed by atoms with Crippen molar-refractivity contribution < 1.29 is 0 Å². The summed E-state index contributed by atoms with van der Waals surface area (Å²) in [5, 5.41) is 0. The fourth-order valence-electron chi connectivity index (χ4n) is 15.7. The van der Waals surface area contributed by atoms with Gasteiger partial charge in [-0.1, -0.05) is 0 Å². The fraction of sp³-hybridized carbons (Fsp3) is 0.480. The average Bonchev–Trinajstić information content (AvgIpc) is 3.74. The van der Waals surface area contributed by atoms with E-state index in [1.54, 1.807) is 72.6 Å². The predicted octanol–water partition coefficient (Wildman–Crippen LogP) is 13.3. The topological polar surface area (TPSA) is 0 Å².